The summed E-state index contributed by atoms with van der Waals surface area (Å²) < 4.78 is 20.8. The smallest absolute Gasteiger partial charge is 0.167 e. The van der Waals surface area contributed by atoms with E-state index in [1.54, 1.807) is 6.07 Å². The van der Waals surface area contributed by atoms with Crippen molar-refractivity contribution in [1.29, 1.82) is 0 Å². The van der Waals surface area contributed by atoms with Crippen molar-refractivity contribution in [2.45, 2.75) is 38.6 Å². The number of nitrogens with zero attached hydrogens (tertiary/aromatic N) is 2. The molecule has 0 saturated heterocycles. The molecule has 1 aromatic carbocycles. The van der Waals surface area contributed by atoms with Crippen LogP contribution >= 0.6 is 11.6 Å². The van der Waals surface area contributed by atoms with Gasteiger partial charge in [-0.25, -0.2) is 9.37 Å². The molecule has 2 rings (SSSR count). The zero-order valence-electron chi connectivity index (χ0n) is 11.6. The number of ether oxygens (including phenoxy) is 1. The topological polar surface area (TPSA) is 27.1 Å². The summed E-state index contributed by atoms with van der Waals surface area (Å²) in [6.07, 6.45) is 0.946. The number of benzene rings is 1. The Bertz CT molecular complexity index is 595. The van der Waals surface area contributed by atoms with Crippen molar-refractivity contribution in [3.05, 3.63) is 23.8 Å². The largest absolute Gasteiger partial charge is 0.494 e. The number of hydrogen-bond donors (Lipinski definition) is 0. The summed E-state index contributed by atoms with van der Waals surface area (Å²) in [6.45, 7) is 6.06. The van der Waals surface area contributed by atoms with Gasteiger partial charge in [-0.05, 0) is 20.3 Å². The third-order valence-corrected chi connectivity index (χ3v) is 3.57. The molecule has 3 nitrogen and oxygen atoms in total. The van der Waals surface area contributed by atoms with Crippen LogP contribution in [0, 0.1) is 5.82 Å². The van der Waals surface area contributed by atoms with Crippen LogP contribution in [-0.4, -0.2) is 16.7 Å². The standard InChI is InChI=1S/C14H18ClFN2O/c1-5-8(2)18-12-7-13(19-4)10(16)6-11(12)17-14(18)9(3)15/h6-9H,5H2,1-4H3. The number of rotatable bonds is 4. The van der Waals surface area contributed by atoms with Gasteiger partial charge < -0.3 is 9.30 Å². The maximum atomic E-state index is 13.7. The minimum absolute atomic E-state index is 0.226. The van der Waals surface area contributed by atoms with E-state index >= 15 is 0 Å². The van der Waals surface area contributed by atoms with Gasteiger partial charge in [-0.2, -0.15) is 0 Å². The van der Waals surface area contributed by atoms with Crippen LogP contribution < -0.4 is 4.74 Å². The average molecular weight is 285 g/mol. The maximum Gasteiger partial charge on any atom is 0.167 e. The predicted molar refractivity (Wildman–Crippen MR) is 75.5 cm³/mol. The van der Waals surface area contributed by atoms with E-state index in [9.17, 15) is 4.39 Å². The van der Waals surface area contributed by atoms with E-state index in [1.807, 2.05) is 6.92 Å². The quantitative estimate of drug-likeness (QED) is 0.775. The highest BCUT2D eigenvalue weighted by Gasteiger charge is 2.20. The van der Waals surface area contributed by atoms with E-state index in [-0.39, 0.29) is 17.2 Å². The lowest BCUT2D eigenvalue weighted by molar-refractivity contribution is 0.387. The second kappa shape index (κ2) is 5.37. The Morgan fingerprint density at radius 3 is 2.63 bits per heavy atom. The van der Waals surface area contributed by atoms with E-state index in [2.05, 4.69) is 23.4 Å². The van der Waals surface area contributed by atoms with Gasteiger partial charge in [-0.15, -0.1) is 11.6 Å². The Morgan fingerprint density at radius 2 is 2.11 bits per heavy atom. The average Bonchev–Trinajstić information content (AvgIpc) is 2.75. The number of aromatic nitrogens is 2. The third kappa shape index (κ3) is 2.41. The van der Waals surface area contributed by atoms with E-state index in [4.69, 9.17) is 16.3 Å². The summed E-state index contributed by atoms with van der Waals surface area (Å²) in [5, 5.41) is -0.226. The van der Waals surface area contributed by atoms with E-state index in [0.29, 0.717) is 5.52 Å². The lowest BCUT2D eigenvalue weighted by Crippen LogP contribution is -2.09. The zero-order valence-corrected chi connectivity index (χ0v) is 12.3. The molecular formula is C14H18ClFN2O. The first-order valence-corrected chi connectivity index (χ1v) is 6.82. The molecule has 0 spiro atoms. The minimum atomic E-state index is -0.405. The third-order valence-electron chi connectivity index (χ3n) is 3.38. The predicted octanol–water partition coefficient (Wildman–Crippen LogP) is 4.45. The molecule has 0 bridgehead atoms. The van der Waals surface area contributed by atoms with Crippen molar-refractivity contribution >= 4 is 22.6 Å². The molecule has 104 valence electrons. The molecule has 0 radical (unpaired) electrons. The Kier molecular flexibility index (Phi) is 3.99. The SMILES string of the molecule is CCC(C)n1c(C(C)Cl)nc2cc(F)c(OC)cc21. The van der Waals surface area contributed by atoms with Crippen molar-refractivity contribution in [2.24, 2.45) is 0 Å². The summed E-state index contributed by atoms with van der Waals surface area (Å²) in [7, 11) is 1.46. The first kappa shape index (κ1) is 14.1. The molecule has 1 aromatic heterocycles. The van der Waals surface area contributed by atoms with Gasteiger partial charge in [-0.3, -0.25) is 0 Å². The molecule has 5 heteroatoms. The van der Waals surface area contributed by atoms with Crippen molar-refractivity contribution in [1.82, 2.24) is 9.55 Å². The Hall–Kier alpha value is -1.29. The zero-order chi connectivity index (χ0) is 14.2. The van der Waals surface area contributed by atoms with Gasteiger partial charge in [-0.1, -0.05) is 6.92 Å². The number of fused-ring (bicyclic) bond motifs is 1. The van der Waals surface area contributed by atoms with Crippen molar-refractivity contribution < 1.29 is 9.13 Å². The second-order valence-corrected chi connectivity index (χ2v) is 5.34. The van der Waals surface area contributed by atoms with Crippen molar-refractivity contribution in [3.8, 4) is 5.75 Å². The molecule has 0 aliphatic rings. The molecular weight excluding hydrogens is 267 g/mol. The maximum absolute atomic E-state index is 13.7. The number of alkyl halides is 1. The van der Waals surface area contributed by atoms with E-state index in [1.165, 1.54) is 13.2 Å². The summed E-state index contributed by atoms with van der Waals surface area (Å²) in [5.74, 6) is 0.585. The fraction of sp³-hybridized carbons (Fsp3) is 0.500. The summed E-state index contributed by atoms with van der Waals surface area (Å²) in [4.78, 5) is 4.45. The molecule has 19 heavy (non-hydrogen) atoms. The van der Waals surface area contributed by atoms with Gasteiger partial charge >= 0.3 is 0 Å². The lowest BCUT2D eigenvalue weighted by atomic mass is 10.2. The molecule has 2 atom stereocenters. The Morgan fingerprint density at radius 1 is 1.42 bits per heavy atom. The van der Waals surface area contributed by atoms with Crippen LogP contribution in [0.3, 0.4) is 0 Å². The van der Waals surface area contributed by atoms with Crippen LogP contribution in [0.1, 0.15) is 44.4 Å². The monoisotopic (exact) mass is 284 g/mol. The van der Waals surface area contributed by atoms with Crippen LogP contribution in [-0.2, 0) is 0 Å². The van der Waals surface area contributed by atoms with E-state index in [0.717, 1.165) is 17.8 Å². The van der Waals surface area contributed by atoms with Gasteiger partial charge in [0.25, 0.3) is 0 Å². The Labute approximate surface area is 117 Å². The van der Waals surface area contributed by atoms with Gasteiger partial charge in [0.1, 0.15) is 5.82 Å². The van der Waals surface area contributed by atoms with Crippen LogP contribution in [0.5, 0.6) is 5.75 Å². The summed E-state index contributed by atoms with van der Waals surface area (Å²) in [6, 6.07) is 3.33. The van der Waals surface area contributed by atoms with Crippen LogP contribution in [0.15, 0.2) is 12.1 Å². The first-order valence-electron chi connectivity index (χ1n) is 6.39. The molecule has 0 fully saturated rings. The molecule has 0 aliphatic heterocycles. The van der Waals surface area contributed by atoms with Gasteiger partial charge in [0.05, 0.1) is 23.5 Å². The van der Waals surface area contributed by atoms with Gasteiger partial charge in [0, 0.05) is 18.2 Å². The van der Waals surface area contributed by atoms with Crippen molar-refractivity contribution in [3.63, 3.8) is 0 Å². The minimum Gasteiger partial charge on any atom is -0.494 e. The fourth-order valence-electron chi connectivity index (χ4n) is 2.20. The van der Waals surface area contributed by atoms with Crippen LogP contribution in [0.25, 0.3) is 11.0 Å². The summed E-state index contributed by atoms with van der Waals surface area (Å²) in [5.41, 5.74) is 1.47. The fourth-order valence-corrected chi connectivity index (χ4v) is 2.35. The normalized spacial score (nSPS) is 14.6. The molecule has 0 N–H and O–H groups in total. The van der Waals surface area contributed by atoms with Crippen LogP contribution in [0.2, 0.25) is 0 Å². The Balaban J connectivity index is 2.75. The molecule has 2 unspecified atom stereocenters. The van der Waals surface area contributed by atoms with Gasteiger partial charge in [0.15, 0.2) is 11.6 Å². The number of imidazole rings is 1. The molecule has 0 amide bonds. The van der Waals surface area contributed by atoms with Gasteiger partial charge in [0.2, 0.25) is 0 Å². The number of methoxy groups -OCH3 is 1. The lowest BCUT2D eigenvalue weighted by Gasteiger charge is -2.17. The first-order chi connectivity index (χ1) is 8.99. The summed E-state index contributed by atoms with van der Waals surface area (Å²) >= 11 is 6.19. The number of hydrogen-bond acceptors (Lipinski definition) is 2. The highest BCUT2D eigenvalue weighted by molar-refractivity contribution is 6.20. The second-order valence-electron chi connectivity index (χ2n) is 4.69. The molecule has 2 aromatic rings. The van der Waals surface area contributed by atoms with Crippen LogP contribution in [0.4, 0.5) is 4.39 Å². The highest BCUT2D eigenvalue weighted by Crippen LogP contribution is 2.32. The van der Waals surface area contributed by atoms with Crippen molar-refractivity contribution in [2.75, 3.05) is 7.11 Å². The molecule has 1 heterocycles. The molecule has 0 aliphatic carbocycles. The van der Waals surface area contributed by atoms with E-state index < -0.39 is 5.82 Å². The highest BCUT2D eigenvalue weighted by atomic mass is 35.5. The molecule has 0 saturated carbocycles. The number of halogens is 2.